The first-order valence-electron chi connectivity index (χ1n) is 0. The predicted molar refractivity (Wildman–Crippen MR) is 133 cm³/mol. The molecule has 0 atom stereocenters. The van der Waals surface area contributed by atoms with Gasteiger partial charge in [0.25, 0.3) is 0 Å². The van der Waals surface area contributed by atoms with Crippen molar-refractivity contribution in [1.82, 2.24) is 0 Å². The first-order valence-corrected chi connectivity index (χ1v) is 0. The molecule has 0 N–H and O–H groups in total. The van der Waals surface area contributed by atoms with Gasteiger partial charge in [0.1, 0.15) is 0 Å². The highest BCUT2D eigenvalue weighted by Gasteiger charge is -0.0594. The van der Waals surface area contributed by atoms with Gasteiger partial charge in [-0.1, -0.05) is 141 Å². The molecule has 0 amide bonds. The summed E-state index contributed by atoms with van der Waals surface area (Å²) in [7, 11) is 0. The van der Waals surface area contributed by atoms with Gasteiger partial charge in [0.2, 0.25) is 0 Å². The molecule has 0 aromatic heterocycles. The molecule has 0 saturated heterocycles. The maximum atomic E-state index is 0. The van der Waals surface area contributed by atoms with Crippen molar-refractivity contribution in [1.29, 1.82) is 0 Å². The molecule has 0 bridgehead atoms. The highest BCUT2D eigenvalue weighted by Crippen LogP contribution is 0.421. The molecule has 0 aromatic rings. The lowest BCUT2D eigenvalue weighted by atomic mass is 12.0. The molecule has 0 rings (SSSR count). The molecule has 0 aliphatic heterocycles. The summed E-state index contributed by atoms with van der Waals surface area (Å²) in [4.78, 5) is 0. The van der Waals surface area contributed by atoms with E-state index in [1.165, 1.54) is 0 Å². The summed E-state index contributed by atoms with van der Waals surface area (Å²) in [6.45, 7) is 0. The largest absolute Gasteiger partial charge is 0.269 e. The molecule has 0 radical (unpaired) electrons. The van der Waals surface area contributed by atoms with Crippen molar-refractivity contribution in [3.05, 3.63) is 0 Å². The number of hydrogen-bond acceptors (Lipinski definition) is 0. The Balaban J connectivity index is 0. The summed E-state index contributed by atoms with van der Waals surface area (Å²) < 4.78 is 0. The maximum Gasteiger partial charge on any atom is -0.0776 e. The first-order chi connectivity index (χ1) is 0. The van der Waals surface area contributed by atoms with Crippen molar-refractivity contribution in [2.45, 2.75) is 141 Å². The third-order valence-corrected chi connectivity index (χ3v) is 0. The quantitative estimate of drug-likeness (QED) is 0.409. The van der Waals surface area contributed by atoms with E-state index in [1.807, 2.05) is 0 Å². The molecule has 2 heteroatoms. The Labute approximate surface area is 151 Å². The van der Waals surface area contributed by atoms with Gasteiger partial charge in [-0.05, 0) is 0 Å². The second kappa shape index (κ2) is 360000. The Hall–Kier alpha value is -0.140. The van der Waals surface area contributed by atoms with Crippen LogP contribution in [0.1, 0.15) is 141 Å². The lowest BCUT2D eigenvalue weighted by Gasteiger charge is -0.270. The van der Waals surface area contributed by atoms with Crippen molar-refractivity contribution < 1.29 is 9.41 Å². The summed E-state index contributed by atoms with van der Waals surface area (Å²) in [6, 6.07) is 0. The van der Waals surface area contributed by atoms with Crippen LogP contribution in [-0.2, 0) is 0 Å². The zero-order valence-electron chi connectivity index (χ0n) is 0.816. The highest BCUT2D eigenvalue weighted by atomic mass is 19.0. The van der Waals surface area contributed by atoms with E-state index >= 15 is 0 Å². The second-order valence-electron chi connectivity index (χ2n) is 0. The van der Waals surface area contributed by atoms with Gasteiger partial charge in [-0.3, -0.25) is 9.41 Å². The van der Waals surface area contributed by atoms with E-state index in [0.29, 0.717) is 0 Å². The van der Waals surface area contributed by atoms with Gasteiger partial charge in [0.05, 0.1) is 0 Å². The maximum absolute atomic E-state index is 0. The van der Waals surface area contributed by atoms with Crippen LogP contribution in [-0.4, -0.2) is 0 Å². The molecule has 0 fully saturated rings. The lowest BCUT2D eigenvalue weighted by molar-refractivity contribution is 1.11. The Kier molecular flexibility index (Phi) is 7200000000. The number of rotatable bonds is 0. The molecule has 0 saturated carbocycles. The minimum absolute atomic E-state index is 0. The third-order valence-electron chi connectivity index (χ3n) is 0. The van der Waals surface area contributed by atoms with E-state index in [2.05, 4.69) is 0 Å². The molecular formula is C19H78F2. The van der Waals surface area contributed by atoms with E-state index in [9.17, 15) is 0 Å². The van der Waals surface area contributed by atoms with Crippen molar-refractivity contribution >= 4 is 0 Å². The Bertz CT molecular complexity index is 9.53. The standard InChI is InChI=1S/19CH4.2FH/h19*1H4;2*1H. The zero-order valence-corrected chi connectivity index (χ0v) is 0.816. The van der Waals surface area contributed by atoms with E-state index in [-0.39, 0.29) is 151 Å². The molecule has 0 aliphatic carbocycles. The minimum atomic E-state index is 0. The smallest absolute Gasteiger partial charge is 0.0776 e. The van der Waals surface area contributed by atoms with Crippen LogP contribution in [0, 0.1) is 0 Å². The molecule has 168 valence electrons. The van der Waals surface area contributed by atoms with Gasteiger partial charge in [-0.25, -0.2) is 0 Å². The van der Waals surface area contributed by atoms with E-state index < -0.39 is 0 Å². The molecular weight excluding hydrogens is 266 g/mol. The van der Waals surface area contributed by atoms with Gasteiger partial charge in [-0.2, -0.15) is 0 Å². The van der Waals surface area contributed by atoms with Gasteiger partial charge in [-0.15, -0.1) is 0 Å². The highest BCUT2D eigenvalue weighted by molar-refractivity contribution is 2.52. The summed E-state index contributed by atoms with van der Waals surface area (Å²) >= 11 is 0. The average molecular weight is 345 g/mol. The van der Waals surface area contributed by atoms with Crippen molar-refractivity contribution in [2.24, 2.45) is 0 Å². The number of hydrogen-bond donors (Lipinski definition) is 0. The molecule has 0 aromatic carbocycles. The fourth-order valence-corrected chi connectivity index (χ4v) is 0. The third kappa shape index (κ3) is 323000. The van der Waals surface area contributed by atoms with Gasteiger partial charge in [0, 0.05) is 0 Å². The van der Waals surface area contributed by atoms with Crippen molar-refractivity contribution in [2.75, 3.05) is 0 Å². The molecule has 21 heavy (non-hydrogen) atoms. The Morgan fingerprint density at radius 3 is 0.0952 bits per heavy atom. The monoisotopic (exact) mass is 345 g/mol. The van der Waals surface area contributed by atoms with Crippen LogP contribution in [0.4, 0.5) is 9.41 Å². The van der Waals surface area contributed by atoms with Crippen LogP contribution in [0.3, 0.4) is 0 Å². The Morgan fingerprint density at radius 2 is 0.0952 bits per heavy atom. The van der Waals surface area contributed by atoms with Gasteiger partial charge < -0.3 is 0 Å². The predicted octanol–water partition coefficient (Wildman–Crippen LogP) is 12.4. The van der Waals surface area contributed by atoms with Crippen LogP contribution >= 0.6 is 0 Å². The second-order valence-corrected chi connectivity index (χ2v) is 0. The van der Waals surface area contributed by atoms with Crippen molar-refractivity contribution in [3.8, 4) is 0 Å². The van der Waals surface area contributed by atoms with Crippen molar-refractivity contribution in [3.63, 3.8) is 0 Å². The molecule has 0 nitrogen and oxygen atoms in total. The normalized spacial score (nSPS) is 0. The summed E-state index contributed by atoms with van der Waals surface area (Å²) in [5.41, 5.74) is 0. The fraction of sp³-hybridized carbons (Fsp3) is 1.00. The number of halogens is 2. The van der Waals surface area contributed by atoms with E-state index in [4.69, 9.17) is 0 Å². The molecule has 0 unspecified atom stereocenters. The van der Waals surface area contributed by atoms with Crippen LogP contribution in [0.5, 0.6) is 0 Å². The van der Waals surface area contributed by atoms with Gasteiger partial charge >= 0.3 is 0 Å². The zero-order chi connectivity index (χ0) is 0. The SMILES string of the molecule is C.C.C.C.C.C.C.C.C.C.C.C.C.C.C.C.C.C.C.F.F. The lowest BCUT2D eigenvalue weighted by Crippen LogP contribution is 0.143. The topological polar surface area (TPSA) is 0 Å². The molecule has 0 heterocycles. The van der Waals surface area contributed by atoms with Crippen LogP contribution in [0.15, 0.2) is 0 Å². The van der Waals surface area contributed by atoms with Gasteiger partial charge in [0.15, 0.2) is 0 Å². The van der Waals surface area contributed by atoms with E-state index in [1.54, 1.807) is 0 Å². The minimum Gasteiger partial charge on any atom is -0.269 e. The average Bonchev–Trinajstić information content (AvgIpc) is 0. The van der Waals surface area contributed by atoms with Crippen LogP contribution < -0.4 is 0 Å². The van der Waals surface area contributed by atoms with Crippen LogP contribution in [0.2, 0.25) is 0 Å². The summed E-state index contributed by atoms with van der Waals surface area (Å²) in [6.07, 6.45) is 0. The first kappa shape index (κ1) is 420000. The van der Waals surface area contributed by atoms with Crippen LogP contribution in [0.25, 0.3) is 0 Å². The van der Waals surface area contributed by atoms with E-state index in [0.717, 1.165) is 0 Å². The fourth-order valence-electron chi connectivity index (χ4n) is 0. The molecule has 0 aliphatic rings. The Morgan fingerprint density at radius 1 is 0.0952 bits per heavy atom. The summed E-state index contributed by atoms with van der Waals surface area (Å²) in [5.74, 6) is 0. The molecule has 0 spiro atoms. The summed E-state index contributed by atoms with van der Waals surface area (Å²) in [5, 5.41) is 0.